The van der Waals surface area contributed by atoms with Crippen molar-refractivity contribution in [2.45, 2.75) is 4.90 Å². The van der Waals surface area contributed by atoms with E-state index in [-0.39, 0.29) is 10.0 Å². The van der Waals surface area contributed by atoms with Gasteiger partial charge in [0.25, 0.3) is 9.05 Å². The molecule has 1 aromatic carbocycles. The zero-order chi connectivity index (χ0) is 12.5. The fourth-order valence-corrected chi connectivity index (χ4v) is 2.80. The van der Waals surface area contributed by atoms with Crippen LogP contribution in [-0.4, -0.2) is 13.4 Å². The summed E-state index contributed by atoms with van der Waals surface area (Å²) in [4.78, 5) is 3.83. The van der Waals surface area contributed by atoms with Crippen molar-refractivity contribution in [3.8, 4) is 11.3 Å². The molecule has 0 fully saturated rings. The summed E-state index contributed by atoms with van der Waals surface area (Å²) in [6, 6.07) is 12.2. The van der Waals surface area contributed by atoms with Crippen LogP contribution in [0.2, 0.25) is 5.15 Å². The fourth-order valence-electron chi connectivity index (χ4n) is 1.37. The van der Waals surface area contributed by atoms with E-state index in [9.17, 15) is 8.42 Å². The zero-order valence-corrected chi connectivity index (χ0v) is 10.8. The van der Waals surface area contributed by atoms with Crippen LogP contribution in [0.25, 0.3) is 11.3 Å². The second-order valence-electron chi connectivity index (χ2n) is 3.29. The van der Waals surface area contributed by atoms with Gasteiger partial charge in [-0.2, -0.15) is 0 Å². The van der Waals surface area contributed by atoms with E-state index in [4.69, 9.17) is 22.3 Å². The van der Waals surface area contributed by atoms with Crippen LogP contribution < -0.4 is 0 Å². The van der Waals surface area contributed by atoms with Gasteiger partial charge in [-0.15, -0.1) is 0 Å². The highest BCUT2D eigenvalue weighted by atomic mass is 35.7. The molecule has 0 aliphatic carbocycles. The minimum absolute atomic E-state index is 0.124. The normalized spacial score (nSPS) is 11.4. The van der Waals surface area contributed by atoms with Crippen LogP contribution in [0.3, 0.4) is 0 Å². The number of nitrogens with zero attached hydrogens (tertiary/aromatic N) is 1. The Morgan fingerprint density at radius 1 is 1.00 bits per heavy atom. The van der Waals surface area contributed by atoms with Crippen molar-refractivity contribution in [2.75, 3.05) is 0 Å². The number of hydrogen-bond donors (Lipinski definition) is 0. The van der Waals surface area contributed by atoms with Crippen molar-refractivity contribution in [3.63, 3.8) is 0 Å². The lowest BCUT2D eigenvalue weighted by Gasteiger charge is -2.03. The minimum Gasteiger partial charge on any atom is -0.235 e. The number of pyridine rings is 1. The molecule has 0 aliphatic heterocycles. The third-order valence-electron chi connectivity index (χ3n) is 2.15. The molecule has 0 amide bonds. The van der Waals surface area contributed by atoms with Crippen LogP contribution in [0.1, 0.15) is 0 Å². The first-order valence-electron chi connectivity index (χ1n) is 4.65. The van der Waals surface area contributed by atoms with Crippen LogP contribution in [0.4, 0.5) is 0 Å². The molecule has 0 atom stereocenters. The lowest BCUT2D eigenvalue weighted by molar-refractivity contribution is 0.609. The summed E-state index contributed by atoms with van der Waals surface area (Å²) in [6.07, 6.45) is 0. The minimum atomic E-state index is -3.85. The Morgan fingerprint density at radius 3 is 2.18 bits per heavy atom. The molecule has 1 heterocycles. The quantitative estimate of drug-likeness (QED) is 0.629. The number of aromatic nitrogens is 1. The molecular formula is C11H7Cl2NO2S. The van der Waals surface area contributed by atoms with Crippen LogP contribution in [0, 0.1) is 0 Å². The summed E-state index contributed by atoms with van der Waals surface area (Å²) in [7, 11) is 1.36. The van der Waals surface area contributed by atoms with Crippen LogP contribution in [-0.2, 0) is 9.05 Å². The Bertz CT molecular complexity index is 642. The third-order valence-corrected chi connectivity index (χ3v) is 3.90. The topological polar surface area (TPSA) is 47.0 Å². The van der Waals surface area contributed by atoms with Gasteiger partial charge in [-0.3, -0.25) is 0 Å². The van der Waals surface area contributed by atoms with E-state index in [1.807, 2.05) is 30.3 Å². The fraction of sp³-hybridized carbons (Fsp3) is 0. The first-order valence-corrected chi connectivity index (χ1v) is 7.34. The number of benzene rings is 1. The summed E-state index contributed by atoms with van der Waals surface area (Å²) in [5.74, 6) is 0. The molecule has 0 saturated heterocycles. The number of rotatable bonds is 2. The summed E-state index contributed by atoms with van der Waals surface area (Å²) in [5, 5.41) is -0.124. The lowest BCUT2D eigenvalue weighted by Crippen LogP contribution is -1.95. The maximum Gasteiger partial charge on any atom is 0.264 e. The second kappa shape index (κ2) is 4.64. The van der Waals surface area contributed by atoms with Gasteiger partial charge in [-0.1, -0.05) is 41.9 Å². The van der Waals surface area contributed by atoms with Gasteiger partial charge in [-0.05, 0) is 12.1 Å². The van der Waals surface area contributed by atoms with Crippen LogP contribution in [0.5, 0.6) is 0 Å². The van der Waals surface area contributed by atoms with Crippen LogP contribution >= 0.6 is 22.3 Å². The average molecular weight is 288 g/mol. The van der Waals surface area contributed by atoms with Gasteiger partial charge in [0, 0.05) is 16.2 Å². The van der Waals surface area contributed by atoms with Gasteiger partial charge in [-0.25, -0.2) is 13.4 Å². The van der Waals surface area contributed by atoms with Gasteiger partial charge in [0.05, 0.1) is 5.69 Å². The molecule has 2 aromatic rings. The molecule has 0 unspecified atom stereocenters. The summed E-state index contributed by atoms with van der Waals surface area (Å²) in [6.45, 7) is 0. The van der Waals surface area contributed by atoms with E-state index in [0.717, 1.165) is 5.56 Å². The van der Waals surface area contributed by atoms with Crippen molar-refractivity contribution in [3.05, 3.63) is 47.6 Å². The van der Waals surface area contributed by atoms with E-state index in [2.05, 4.69) is 4.98 Å². The van der Waals surface area contributed by atoms with Gasteiger partial charge in [0.1, 0.15) is 10.0 Å². The highest BCUT2D eigenvalue weighted by Gasteiger charge is 2.16. The average Bonchev–Trinajstić information content (AvgIpc) is 2.28. The molecule has 0 aliphatic rings. The van der Waals surface area contributed by atoms with Crippen molar-refractivity contribution >= 4 is 31.3 Å². The van der Waals surface area contributed by atoms with Gasteiger partial charge >= 0.3 is 0 Å². The maximum atomic E-state index is 11.1. The summed E-state index contributed by atoms with van der Waals surface area (Å²) in [5.41, 5.74) is 1.45. The van der Waals surface area contributed by atoms with Crippen molar-refractivity contribution in [1.82, 2.24) is 4.98 Å². The molecular weight excluding hydrogens is 281 g/mol. The molecule has 3 nitrogen and oxygen atoms in total. The lowest BCUT2D eigenvalue weighted by atomic mass is 10.1. The SMILES string of the molecule is O=S(=O)(Cl)c1ccc(-c2ccccc2)nc1Cl. The predicted molar refractivity (Wildman–Crippen MR) is 67.7 cm³/mol. The number of hydrogen-bond acceptors (Lipinski definition) is 3. The Balaban J connectivity index is 2.53. The van der Waals surface area contributed by atoms with E-state index in [0.29, 0.717) is 5.69 Å². The third kappa shape index (κ3) is 2.77. The molecule has 88 valence electrons. The van der Waals surface area contributed by atoms with E-state index < -0.39 is 9.05 Å². The molecule has 0 bridgehead atoms. The standard InChI is InChI=1S/C11H7Cl2NO2S/c12-11-10(17(13,15)16)7-6-9(14-11)8-4-2-1-3-5-8/h1-7H. The van der Waals surface area contributed by atoms with Crippen molar-refractivity contribution in [2.24, 2.45) is 0 Å². The molecule has 1 aromatic heterocycles. The van der Waals surface area contributed by atoms with Crippen molar-refractivity contribution in [1.29, 1.82) is 0 Å². The van der Waals surface area contributed by atoms with E-state index in [1.54, 1.807) is 6.07 Å². The van der Waals surface area contributed by atoms with Gasteiger partial charge in [0.2, 0.25) is 0 Å². The molecule has 0 spiro atoms. The Morgan fingerprint density at radius 2 is 1.65 bits per heavy atom. The Hall–Kier alpha value is -1.10. The largest absolute Gasteiger partial charge is 0.264 e. The van der Waals surface area contributed by atoms with Gasteiger partial charge in [0.15, 0.2) is 0 Å². The molecule has 17 heavy (non-hydrogen) atoms. The smallest absolute Gasteiger partial charge is 0.235 e. The first kappa shape index (κ1) is 12.4. The Kier molecular flexibility index (Phi) is 3.38. The Labute approximate surface area is 108 Å². The monoisotopic (exact) mass is 287 g/mol. The summed E-state index contributed by atoms with van der Waals surface area (Å²) >= 11 is 5.79. The highest BCUT2D eigenvalue weighted by Crippen LogP contribution is 2.26. The molecule has 0 saturated carbocycles. The highest BCUT2D eigenvalue weighted by molar-refractivity contribution is 8.13. The number of halogens is 2. The molecule has 6 heteroatoms. The molecule has 0 N–H and O–H groups in total. The first-order chi connectivity index (χ1) is 7.98. The summed E-state index contributed by atoms with van der Waals surface area (Å²) < 4.78 is 22.3. The maximum absolute atomic E-state index is 11.1. The van der Waals surface area contributed by atoms with Crippen molar-refractivity contribution < 1.29 is 8.42 Å². The zero-order valence-electron chi connectivity index (χ0n) is 8.47. The molecule has 2 rings (SSSR count). The van der Waals surface area contributed by atoms with E-state index >= 15 is 0 Å². The molecule has 0 radical (unpaired) electrons. The second-order valence-corrected chi connectivity index (χ2v) is 6.18. The van der Waals surface area contributed by atoms with E-state index in [1.165, 1.54) is 6.07 Å². The van der Waals surface area contributed by atoms with Gasteiger partial charge < -0.3 is 0 Å². The van der Waals surface area contributed by atoms with Crippen LogP contribution in [0.15, 0.2) is 47.4 Å². The predicted octanol–water partition coefficient (Wildman–Crippen LogP) is 3.33.